The summed E-state index contributed by atoms with van der Waals surface area (Å²) in [6, 6.07) is 12.3. The zero-order chi connectivity index (χ0) is 26.9. The quantitative estimate of drug-likeness (QED) is 0.336. The molecule has 0 unspecified atom stereocenters. The van der Waals surface area contributed by atoms with Crippen molar-refractivity contribution in [3.05, 3.63) is 99.2 Å². The van der Waals surface area contributed by atoms with Gasteiger partial charge in [-0.15, -0.1) is 0 Å². The Labute approximate surface area is 223 Å². The van der Waals surface area contributed by atoms with Gasteiger partial charge in [-0.1, -0.05) is 42.8 Å². The summed E-state index contributed by atoms with van der Waals surface area (Å²) in [6.07, 6.45) is 0.797. The predicted octanol–water partition coefficient (Wildman–Crippen LogP) is 5.49. The zero-order valence-corrected chi connectivity index (χ0v) is 21.6. The molecule has 198 valence electrons. The number of amides is 1. The van der Waals surface area contributed by atoms with E-state index in [1.807, 2.05) is 13.0 Å². The van der Waals surface area contributed by atoms with Gasteiger partial charge in [0, 0.05) is 49.7 Å². The largest absolute Gasteiger partial charge is 0.433 e. The van der Waals surface area contributed by atoms with E-state index < -0.39 is 11.9 Å². The van der Waals surface area contributed by atoms with Crippen LogP contribution in [0, 0.1) is 0 Å². The van der Waals surface area contributed by atoms with Gasteiger partial charge in [-0.05, 0) is 53.6 Å². The molecule has 0 spiro atoms. The summed E-state index contributed by atoms with van der Waals surface area (Å²) < 4.78 is 39.9. The fourth-order valence-corrected chi connectivity index (χ4v) is 4.97. The molecule has 4 aromatic rings. The topological polar surface area (TPSA) is 62.5 Å². The molecule has 5 rings (SSSR count). The molecule has 0 fully saturated rings. The van der Waals surface area contributed by atoms with Crippen LogP contribution in [-0.2, 0) is 38.5 Å². The monoisotopic (exact) mass is 541 g/mol. The minimum absolute atomic E-state index is 0.182. The van der Waals surface area contributed by atoms with E-state index in [1.165, 1.54) is 23.4 Å². The van der Waals surface area contributed by atoms with Crippen LogP contribution >= 0.6 is 11.6 Å². The Balaban J connectivity index is 1.18. The molecule has 0 atom stereocenters. The molecule has 0 radical (unpaired) electrons. The number of nitrogens with zero attached hydrogens (tertiary/aromatic N) is 4. The minimum Gasteiger partial charge on any atom is -0.347 e. The Kier molecular flexibility index (Phi) is 7.40. The summed E-state index contributed by atoms with van der Waals surface area (Å²) in [5, 5.41) is 3.60. The maximum atomic E-state index is 13.1. The van der Waals surface area contributed by atoms with Crippen LogP contribution in [0.3, 0.4) is 0 Å². The number of imidazole rings is 1. The predicted molar refractivity (Wildman–Crippen MR) is 139 cm³/mol. The molecule has 1 N–H and O–H groups in total. The van der Waals surface area contributed by atoms with Crippen LogP contribution in [0.15, 0.2) is 54.9 Å². The van der Waals surface area contributed by atoms with E-state index in [4.69, 9.17) is 11.6 Å². The molecular formula is C28H27ClF3N5O. The van der Waals surface area contributed by atoms with Crippen molar-refractivity contribution in [2.75, 3.05) is 13.1 Å². The molecule has 6 nitrogen and oxygen atoms in total. The van der Waals surface area contributed by atoms with Crippen LogP contribution in [0.5, 0.6) is 0 Å². The summed E-state index contributed by atoms with van der Waals surface area (Å²) in [5.41, 5.74) is 5.32. The van der Waals surface area contributed by atoms with Crippen LogP contribution < -0.4 is 5.32 Å². The van der Waals surface area contributed by atoms with Gasteiger partial charge in [0.15, 0.2) is 0 Å². The maximum Gasteiger partial charge on any atom is 0.433 e. The van der Waals surface area contributed by atoms with Gasteiger partial charge in [-0.2, -0.15) is 13.2 Å². The number of halogens is 4. The lowest BCUT2D eigenvalue weighted by Gasteiger charge is -2.29. The van der Waals surface area contributed by atoms with Crippen molar-refractivity contribution in [2.24, 2.45) is 0 Å². The molecule has 38 heavy (non-hydrogen) atoms. The Morgan fingerprint density at radius 2 is 1.92 bits per heavy atom. The van der Waals surface area contributed by atoms with E-state index in [0.29, 0.717) is 35.8 Å². The average Bonchev–Trinajstić information content (AvgIpc) is 3.28. The van der Waals surface area contributed by atoms with Crippen LogP contribution in [0.1, 0.15) is 51.1 Å². The average molecular weight is 542 g/mol. The van der Waals surface area contributed by atoms with Crippen molar-refractivity contribution in [3.63, 3.8) is 0 Å². The van der Waals surface area contributed by atoms with Crippen molar-refractivity contribution in [1.82, 2.24) is 24.6 Å². The van der Waals surface area contributed by atoms with E-state index in [0.717, 1.165) is 48.9 Å². The van der Waals surface area contributed by atoms with Crippen molar-refractivity contribution in [2.45, 2.75) is 45.5 Å². The van der Waals surface area contributed by atoms with Crippen LogP contribution in [0.2, 0.25) is 5.02 Å². The molecule has 1 amide bonds. The van der Waals surface area contributed by atoms with Gasteiger partial charge in [0.05, 0.1) is 5.69 Å². The highest BCUT2D eigenvalue weighted by atomic mass is 35.5. The maximum absolute atomic E-state index is 13.1. The molecule has 1 aliphatic heterocycles. The summed E-state index contributed by atoms with van der Waals surface area (Å²) >= 11 is 6.08. The van der Waals surface area contributed by atoms with Gasteiger partial charge < -0.3 is 5.32 Å². The van der Waals surface area contributed by atoms with Gasteiger partial charge >= 0.3 is 6.18 Å². The summed E-state index contributed by atoms with van der Waals surface area (Å²) in [4.78, 5) is 23.5. The third-order valence-electron chi connectivity index (χ3n) is 6.86. The van der Waals surface area contributed by atoms with Crippen molar-refractivity contribution < 1.29 is 18.0 Å². The van der Waals surface area contributed by atoms with E-state index in [9.17, 15) is 18.0 Å². The molecular weight excluding hydrogens is 515 g/mol. The van der Waals surface area contributed by atoms with Crippen LogP contribution in [0.4, 0.5) is 13.2 Å². The number of carbonyl (C=O) groups excluding carboxylic acids is 1. The summed E-state index contributed by atoms with van der Waals surface area (Å²) in [7, 11) is 0. The normalized spacial score (nSPS) is 14.0. The third kappa shape index (κ3) is 5.68. The van der Waals surface area contributed by atoms with Gasteiger partial charge in [-0.3, -0.25) is 19.1 Å². The highest BCUT2D eigenvalue weighted by Gasteiger charge is 2.32. The number of rotatable bonds is 7. The number of aromatic nitrogens is 3. The van der Waals surface area contributed by atoms with E-state index in [1.54, 1.807) is 22.7 Å². The minimum atomic E-state index is -4.42. The number of aryl methyl sites for hydroxylation is 1. The van der Waals surface area contributed by atoms with Crippen LogP contribution in [-0.4, -0.2) is 38.3 Å². The van der Waals surface area contributed by atoms with Gasteiger partial charge in [0.25, 0.3) is 5.91 Å². The SMILES string of the molecule is CCc1nc2cc(Cl)ccn2c1C(=O)NCc1ccc2c(c1)CCN(CCc1ccc(C(F)(F)F)nc1)C2. The zero-order valence-electron chi connectivity index (χ0n) is 20.9. The summed E-state index contributed by atoms with van der Waals surface area (Å²) in [5.74, 6) is -0.182. The lowest BCUT2D eigenvalue weighted by molar-refractivity contribution is -0.141. The van der Waals surface area contributed by atoms with Crippen molar-refractivity contribution in [3.8, 4) is 0 Å². The smallest absolute Gasteiger partial charge is 0.347 e. The van der Waals surface area contributed by atoms with E-state index in [2.05, 4.69) is 32.3 Å². The highest BCUT2D eigenvalue weighted by molar-refractivity contribution is 6.30. The fraction of sp³-hybridized carbons (Fsp3) is 0.321. The fourth-order valence-electron chi connectivity index (χ4n) is 4.81. The number of hydrogen-bond donors (Lipinski definition) is 1. The first kappa shape index (κ1) is 26.2. The Hall–Kier alpha value is -3.43. The molecule has 1 aliphatic rings. The second-order valence-electron chi connectivity index (χ2n) is 9.45. The second kappa shape index (κ2) is 10.7. The van der Waals surface area contributed by atoms with E-state index >= 15 is 0 Å². The summed E-state index contributed by atoms with van der Waals surface area (Å²) in [6.45, 7) is 4.75. The van der Waals surface area contributed by atoms with Gasteiger partial charge in [0.1, 0.15) is 17.0 Å². The Bertz CT molecular complexity index is 1470. The standard InChI is InChI=1S/C28H27ClF3N5O/c1-2-23-26(37-12-9-22(29)14-25(37)35-23)27(38)34-16-19-3-5-21-17-36(11-8-20(21)13-19)10-7-18-4-6-24(33-15-18)28(30,31)32/h3-6,9,12-15H,2,7-8,10-11,16-17H2,1H3,(H,34,38). The third-order valence-corrected chi connectivity index (χ3v) is 7.09. The molecule has 0 saturated carbocycles. The first-order valence-corrected chi connectivity index (χ1v) is 12.9. The molecule has 10 heteroatoms. The number of benzene rings is 1. The van der Waals surface area contributed by atoms with Gasteiger partial charge in [0.2, 0.25) is 0 Å². The Morgan fingerprint density at radius 1 is 1.11 bits per heavy atom. The van der Waals surface area contributed by atoms with Crippen molar-refractivity contribution >= 4 is 23.2 Å². The first-order chi connectivity index (χ1) is 18.2. The molecule has 1 aromatic carbocycles. The lowest BCUT2D eigenvalue weighted by atomic mass is 9.97. The molecule has 0 saturated heterocycles. The van der Waals surface area contributed by atoms with E-state index in [-0.39, 0.29) is 5.91 Å². The van der Waals surface area contributed by atoms with Crippen molar-refractivity contribution in [1.29, 1.82) is 0 Å². The number of alkyl halides is 3. The Morgan fingerprint density at radius 3 is 2.66 bits per heavy atom. The second-order valence-corrected chi connectivity index (χ2v) is 9.88. The highest BCUT2D eigenvalue weighted by Crippen LogP contribution is 2.27. The van der Waals surface area contributed by atoms with Crippen LogP contribution in [0.25, 0.3) is 5.65 Å². The van der Waals surface area contributed by atoms with Gasteiger partial charge in [-0.25, -0.2) is 4.98 Å². The molecule has 3 aromatic heterocycles. The molecule has 4 heterocycles. The number of hydrogen-bond acceptors (Lipinski definition) is 4. The lowest BCUT2D eigenvalue weighted by Crippen LogP contribution is -2.32. The number of fused-ring (bicyclic) bond motifs is 2. The first-order valence-electron chi connectivity index (χ1n) is 12.5. The molecule has 0 aliphatic carbocycles. The number of pyridine rings is 2. The number of nitrogens with one attached hydrogen (secondary N) is 1. The molecule has 0 bridgehead atoms. The number of carbonyl (C=O) groups is 1.